The minimum absolute atomic E-state index is 0.0976. The highest BCUT2D eigenvalue weighted by Gasteiger charge is 2.19. The van der Waals surface area contributed by atoms with Crippen LogP contribution < -0.4 is 15.8 Å². The van der Waals surface area contributed by atoms with Crippen molar-refractivity contribution in [1.29, 1.82) is 0 Å². The molecular weight excluding hydrogens is 421 g/mol. The lowest BCUT2D eigenvalue weighted by Gasteiger charge is -2.11. The first kappa shape index (κ1) is 18.9. The molecule has 0 aliphatic heterocycles. The fourth-order valence-corrected chi connectivity index (χ4v) is 2.75. The lowest BCUT2D eigenvalue weighted by atomic mass is 10.2. The highest BCUT2D eigenvalue weighted by molar-refractivity contribution is 9.10. The number of anilines is 2. The highest BCUT2D eigenvalue weighted by Crippen LogP contribution is 2.35. The fraction of sp³-hybridized carbons (Fsp3) is 0.176. The number of nitrogens with one attached hydrogen (secondary N) is 1. The third kappa shape index (κ3) is 4.29. The number of nitrogens with two attached hydrogens (primary N) is 1. The molecule has 0 fully saturated rings. The molecule has 0 unspecified atom stereocenters. The summed E-state index contributed by atoms with van der Waals surface area (Å²) in [6.45, 7) is 0.666. The second kappa shape index (κ2) is 8.23. The summed E-state index contributed by atoms with van der Waals surface area (Å²) in [6, 6.07) is 7.28. The van der Waals surface area contributed by atoms with E-state index in [1.54, 1.807) is 6.07 Å². The number of hydrogen-bond acceptors (Lipinski definition) is 7. The van der Waals surface area contributed by atoms with Crippen molar-refractivity contribution in [2.24, 2.45) is 5.73 Å². The molecule has 0 atom stereocenters. The molecule has 0 amide bonds. The lowest BCUT2D eigenvalue weighted by Crippen LogP contribution is -2.07. The molecular formula is C17H15BrFN5O3. The van der Waals surface area contributed by atoms with Gasteiger partial charge in [-0.3, -0.25) is 10.1 Å². The third-order valence-corrected chi connectivity index (χ3v) is 4.20. The number of fused-ring (bicyclic) bond motifs is 1. The molecule has 0 bridgehead atoms. The van der Waals surface area contributed by atoms with E-state index in [-0.39, 0.29) is 29.5 Å². The zero-order valence-electron chi connectivity index (χ0n) is 14.0. The molecule has 3 rings (SSSR count). The predicted octanol–water partition coefficient (Wildman–Crippen LogP) is 3.91. The molecule has 0 saturated heterocycles. The average Bonchev–Trinajstić information content (AvgIpc) is 2.63. The van der Waals surface area contributed by atoms with Crippen LogP contribution in [0.5, 0.6) is 5.75 Å². The first-order chi connectivity index (χ1) is 13.0. The summed E-state index contributed by atoms with van der Waals surface area (Å²) in [5, 5.41) is 14.7. The minimum Gasteiger partial charge on any atom is -0.487 e. The highest BCUT2D eigenvalue weighted by atomic mass is 79.9. The maximum atomic E-state index is 14.1. The first-order valence-electron chi connectivity index (χ1n) is 7.97. The molecule has 0 aliphatic rings. The Balaban J connectivity index is 2.04. The van der Waals surface area contributed by atoms with Gasteiger partial charge < -0.3 is 15.8 Å². The summed E-state index contributed by atoms with van der Waals surface area (Å²) < 4.78 is 20.2. The third-order valence-electron chi connectivity index (χ3n) is 3.70. The van der Waals surface area contributed by atoms with E-state index in [0.29, 0.717) is 28.3 Å². The van der Waals surface area contributed by atoms with Crippen LogP contribution in [0.15, 0.2) is 41.1 Å². The van der Waals surface area contributed by atoms with Gasteiger partial charge >= 0.3 is 5.69 Å². The van der Waals surface area contributed by atoms with Crippen molar-refractivity contribution in [3.63, 3.8) is 0 Å². The monoisotopic (exact) mass is 435 g/mol. The minimum atomic E-state index is -0.547. The fourth-order valence-electron chi connectivity index (χ4n) is 2.41. The molecule has 0 radical (unpaired) electrons. The number of nitrogens with zero attached hydrogens (tertiary/aromatic N) is 3. The average molecular weight is 436 g/mol. The number of nitro groups is 1. The number of rotatable bonds is 7. The Labute approximate surface area is 161 Å². The predicted molar refractivity (Wildman–Crippen MR) is 103 cm³/mol. The summed E-state index contributed by atoms with van der Waals surface area (Å²) in [6.07, 6.45) is 1.85. The maximum absolute atomic E-state index is 14.1. The largest absolute Gasteiger partial charge is 0.487 e. The number of hydrogen-bond donors (Lipinski definition) is 2. The van der Waals surface area contributed by atoms with Gasteiger partial charge in [0.2, 0.25) is 0 Å². The van der Waals surface area contributed by atoms with Crippen molar-refractivity contribution < 1.29 is 14.1 Å². The van der Waals surface area contributed by atoms with Crippen molar-refractivity contribution in [3.05, 3.63) is 57.1 Å². The van der Waals surface area contributed by atoms with Crippen LogP contribution in [0.3, 0.4) is 0 Å². The Bertz CT molecular complexity index is 1000. The van der Waals surface area contributed by atoms with E-state index in [4.69, 9.17) is 10.5 Å². The molecule has 3 N–H and O–H groups in total. The quantitative estimate of drug-likeness (QED) is 0.328. The van der Waals surface area contributed by atoms with Crippen LogP contribution >= 0.6 is 15.9 Å². The van der Waals surface area contributed by atoms with Crippen LogP contribution in [0.25, 0.3) is 10.9 Å². The van der Waals surface area contributed by atoms with Crippen LogP contribution in [0.2, 0.25) is 0 Å². The smallest absolute Gasteiger partial charge is 0.311 e. The summed E-state index contributed by atoms with van der Waals surface area (Å²) in [5.74, 6) is -0.148. The Kier molecular flexibility index (Phi) is 5.77. The second-order valence-corrected chi connectivity index (χ2v) is 6.47. The van der Waals surface area contributed by atoms with E-state index in [1.165, 1.54) is 30.6 Å². The van der Waals surface area contributed by atoms with E-state index >= 15 is 0 Å². The molecule has 0 saturated carbocycles. The zero-order chi connectivity index (χ0) is 19.4. The normalized spacial score (nSPS) is 10.8. The van der Waals surface area contributed by atoms with Gasteiger partial charge in [0, 0.05) is 16.6 Å². The number of benzene rings is 2. The molecule has 1 aromatic heterocycles. The number of halogens is 2. The topological polar surface area (TPSA) is 116 Å². The lowest BCUT2D eigenvalue weighted by molar-refractivity contribution is -0.385. The SMILES string of the molecule is NCCCOc1cc2ncnc(Nc3ccc(Br)cc3F)c2cc1[N+](=O)[O-]. The van der Waals surface area contributed by atoms with Gasteiger partial charge in [-0.25, -0.2) is 14.4 Å². The van der Waals surface area contributed by atoms with Gasteiger partial charge in [-0.15, -0.1) is 0 Å². The molecule has 1 heterocycles. The molecule has 2 aromatic carbocycles. The van der Waals surface area contributed by atoms with Crippen LogP contribution in [0.4, 0.5) is 21.6 Å². The Morgan fingerprint density at radius 1 is 1.30 bits per heavy atom. The van der Waals surface area contributed by atoms with E-state index < -0.39 is 10.7 Å². The van der Waals surface area contributed by atoms with Crippen molar-refractivity contribution in [2.45, 2.75) is 6.42 Å². The van der Waals surface area contributed by atoms with Crippen molar-refractivity contribution >= 4 is 44.0 Å². The molecule has 3 aromatic rings. The van der Waals surface area contributed by atoms with Crippen LogP contribution in [0, 0.1) is 15.9 Å². The summed E-state index contributed by atoms with van der Waals surface area (Å²) in [5.41, 5.74) is 5.80. The number of nitro benzene ring substituents is 1. The summed E-state index contributed by atoms with van der Waals surface area (Å²) >= 11 is 3.19. The summed E-state index contributed by atoms with van der Waals surface area (Å²) in [4.78, 5) is 19.1. The molecule has 0 aliphatic carbocycles. The standard InChI is InChI=1S/C17H15BrFN5O3/c18-10-2-3-13(12(19)6-10)23-17-11-7-15(24(25)26)16(27-5-1-4-20)8-14(11)21-9-22-17/h2-3,6-9H,1,4-5,20H2,(H,21,22,23). The first-order valence-corrected chi connectivity index (χ1v) is 8.77. The van der Waals surface area contributed by atoms with Gasteiger partial charge in [0.25, 0.3) is 0 Å². The number of ether oxygens (including phenoxy) is 1. The molecule has 8 nitrogen and oxygen atoms in total. The number of aromatic nitrogens is 2. The second-order valence-electron chi connectivity index (χ2n) is 5.56. The molecule has 140 valence electrons. The van der Waals surface area contributed by atoms with Crippen LogP contribution in [0.1, 0.15) is 6.42 Å². The van der Waals surface area contributed by atoms with Gasteiger partial charge in [-0.05, 0) is 31.2 Å². The molecule has 27 heavy (non-hydrogen) atoms. The van der Waals surface area contributed by atoms with Gasteiger partial charge in [0.15, 0.2) is 5.75 Å². The Morgan fingerprint density at radius 3 is 2.81 bits per heavy atom. The van der Waals surface area contributed by atoms with Crippen LogP contribution in [-0.4, -0.2) is 28.0 Å². The van der Waals surface area contributed by atoms with Crippen LogP contribution in [-0.2, 0) is 0 Å². The van der Waals surface area contributed by atoms with Gasteiger partial charge in [-0.1, -0.05) is 15.9 Å². The zero-order valence-corrected chi connectivity index (χ0v) is 15.6. The Hall–Kier alpha value is -2.85. The van der Waals surface area contributed by atoms with E-state index in [9.17, 15) is 14.5 Å². The van der Waals surface area contributed by atoms with Crippen molar-refractivity contribution in [3.8, 4) is 5.75 Å². The van der Waals surface area contributed by atoms with Gasteiger partial charge in [0.1, 0.15) is 18.0 Å². The maximum Gasteiger partial charge on any atom is 0.311 e. The summed E-state index contributed by atoms with van der Waals surface area (Å²) in [7, 11) is 0. The van der Waals surface area contributed by atoms with E-state index in [0.717, 1.165) is 0 Å². The van der Waals surface area contributed by atoms with Crippen molar-refractivity contribution in [1.82, 2.24) is 9.97 Å². The van der Waals surface area contributed by atoms with E-state index in [1.807, 2.05) is 0 Å². The van der Waals surface area contributed by atoms with Gasteiger partial charge in [-0.2, -0.15) is 0 Å². The van der Waals surface area contributed by atoms with Gasteiger partial charge in [0.05, 0.1) is 28.1 Å². The van der Waals surface area contributed by atoms with E-state index in [2.05, 4.69) is 31.2 Å². The molecule has 0 spiro atoms. The Morgan fingerprint density at radius 2 is 2.11 bits per heavy atom. The van der Waals surface area contributed by atoms with Crippen molar-refractivity contribution in [2.75, 3.05) is 18.5 Å². The molecule has 10 heteroatoms.